The van der Waals surface area contributed by atoms with Crippen LogP contribution in [0.3, 0.4) is 0 Å². The predicted molar refractivity (Wildman–Crippen MR) is 121 cm³/mol. The van der Waals surface area contributed by atoms with E-state index in [4.69, 9.17) is 5.73 Å². The second-order valence-electron chi connectivity index (χ2n) is 8.02. The van der Waals surface area contributed by atoms with Gasteiger partial charge in [-0.1, -0.05) is 18.9 Å². The first kappa shape index (κ1) is 21.5. The molecule has 31 heavy (non-hydrogen) atoms. The van der Waals surface area contributed by atoms with Crippen molar-refractivity contribution in [1.82, 2.24) is 19.2 Å². The number of nitrogens with zero attached hydrogens (tertiary/aromatic N) is 2. The van der Waals surface area contributed by atoms with Crippen molar-refractivity contribution in [3.05, 3.63) is 48.8 Å². The number of nitrogens with one attached hydrogen (secondary N) is 2. The highest BCUT2D eigenvalue weighted by Gasteiger charge is 2.30. The van der Waals surface area contributed by atoms with E-state index >= 15 is 0 Å². The summed E-state index contributed by atoms with van der Waals surface area (Å²) in [5.41, 5.74) is 6.70. The standard InChI is InChI=1S/C22H29N5O3S/c23-21-9-6-15-26(21)16-11-19(22(28)27-13-3-1-2-4-14-27)25-31(29,30)20-8-5-7-18-17(20)10-12-24-18/h5-10,12,15,19,24-25H,1-4,11,13-14,16,23H2. The Bertz CT molecular complexity index is 1140. The third-order valence-electron chi connectivity index (χ3n) is 5.88. The van der Waals surface area contributed by atoms with E-state index in [0.29, 0.717) is 37.3 Å². The summed E-state index contributed by atoms with van der Waals surface area (Å²) in [5.74, 6) is 0.415. The lowest BCUT2D eigenvalue weighted by atomic mass is 10.2. The van der Waals surface area contributed by atoms with Crippen molar-refractivity contribution in [2.75, 3.05) is 18.8 Å². The van der Waals surface area contributed by atoms with Crippen LogP contribution in [0.25, 0.3) is 10.9 Å². The molecule has 9 heteroatoms. The van der Waals surface area contributed by atoms with Crippen LogP contribution >= 0.6 is 0 Å². The number of amides is 1. The molecule has 0 saturated carbocycles. The molecule has 8 nitrogen and oxygen atoms in total. The third-order valence-corrected chi connectivity index (χ3v) is 7.41. The molecule has 4 rings (SSSR count). The Hall–Kier alpha value is -2.78. The van der Waals surface area contributed by atoms with E-state index in [1.165, 1.54) is 0 Å². The summed E-state index contributed by atoms with van der Waals surface area (Å²) in [5, 5.41) is 0.602. The van der Waals surface area contributed by atoms with Crippen molar-refractivity contribution < 1.29 is 13.2 Å². The highest BCUT2D eigenvalue weighted by molar-refractivity contribution is 7.89. The van der Waals surface area contributed by atoms with Gasteiger partial charge in [0.15, 0.2) is 0 Å². The van der Waals surface area contributed by atoms with Gasteiger partial charge in [-0.05, 0) is 49.6 Å². The van der Waals surface area contributed by atoms with E-state index in [-0.39, 0.29) is 10.8 Å². The maximum Gasteiger partial charge on any atom is 0.241 e. The van der Waals surface area contributed by atoms with E-state index in [1.54, 1.807) is 35.4 Å². The Labute approximate surface area is 182 Å². The minimum absolute atomic E-state index is 0.167. The van der Waals surface area contributed by atoms with E-state index in [9.17, 15) is 13.2 Å². The second kappa shape index (κ2) is 9.15. The van der Waals surface area contributed by atoms with Crippen LogP contribution in [0.2, 0.25) is 0 Å². The van der Waals surface area contributed by atoms with Gasteiger partial charge in [-0.15, -0.1) is 0 Å². The first-order valence-electron chi connectivity index (χ1n) is 10.7. The molecular weight excluding hydrogens is 414 g/mol. The van der Waals surface area contributed by atoms with Crippen LogP contribution < -0.4 is 10.5 Å². The first-order chi connectivity index (χ1) is 15.0. The van der Waals surface area contributed by atoms with Crippen LogP contribution in [-0.4, -0.2) is 47.9 Å². The Morgan fingerprint density at radius 3 is 2.58 bits per heavy atom. The van der Waals surface area contributed by atoms with Gasteiger partial charge in [0.25, 0.3) is 0 Å². The molecule has 1 saturated heterocycles. The number of nitrogen functional groups attached to an aromatic ring is 1. The van der Waals surface area contributed by atoms with Crippen molar-refractivity contribution in [3.63, 3.8) is 0 Å². The van der Waals surface area contributed by atoms with Gasteiger partial charge in [0.1, 0.15) is 11.9 Å². The number of anilines is 1. The number of carbonyl (C=O) groups is 1. The number of rotatable bonds is 7. The number of carbonyl (C=O) groups excluding carboxylic acids is 1. The van der Waals surface area contributed by atoms with Crippen molar-refractivity contribution in [1.29, 1.82) is 0 Å². The molecular formula is C22H29N5O3S. The van der Waals surface area contributed by atoms with Gasteiger partial charge in [-0.25, -0.2) is 8.42 Å². The van der Waals surface area contributed by atoms with Gasteiger partial charge in [0, 0.05) is 42.9 Å². The number of aryl methyl sites for hydroxylation is 1. The number of H-pyrrole nitrogens is 1. The van der Waals surface area contributed by atoms with Crippen LogP contribution in [0.4, 0.5) is 5.82 Å². The molecule has 2 aromatic heterocycles. The molecule has 0 aliphatic carbocycles. The van der Waals surface area contributed by atoms with Gasteiger partial charge >= 0.3 is 0 Å². The predicted octanol–water partition coefficient (Wildman–Crippen LogP) is 2.69. The molecule has 1 aromatic carbocycles. The van der Waals surface area contributed by atoms with Gasteiger partial charge in [-0.2, -0.15) is 4.72 Å². The summed E-state index contributed by atoms with van der Waals surface area (Å²) in [6.07, 6.45) is 7.93. The summed E-state index contributed by atoms with van der Waals surface area (Å²) in [6, 6.07) is 9.56. The number of nitrogens with two attached hydrogens (primary N) is 1. The monoisotopic (exact) mass is 443 g/mol. The van der Waals surface area contributed by atoms with Crippen LogP contribution in [-0.2, 0) is 21.4 Å². The lowest BCUT2D eigenvalue weighted by Crippen LogP contribution is -2.49. The fraction of sp³-hybridized carbons (Fsp3) is 0.409. The Kier molecular flexibility index (Phi) is 6.33. The topological polar surface area (TPSA) is 113 Å². The molecule has 3 heterocycles. The maximum atomic E-state index is 13.4. The fourth-order valence-electron chi connectivity index (χ4n) is 4.19. The first-order valence-corrected chi connectivity index (χ1v) is 12.2. The summed E-state index contributed by atoms with van der Waals surface area (Å²) in [4.78, 5) is 18.4. The number of sulfonamides is 1. The minimum Gasteiger partial charge on any atom is -0.385 e. The minimum atomic E-state index is -3.91. The summed E-state index contributed by atoms with van der Waals surface area (Å²) in [7, 11) is -3.91. The Balaban J connectivity index is 1.60. The molecule has 3 aromatic rings. The lowest BCUT2D eigenvalue weighted by Gasteiger charge is -2.27. The van der Waals surface area contributed by atoms with Crippen molar-refractivity contribution >= 4 is 32.7 Å². The smallest absolute Gasteiger partial charge is 0.241 e. The summed E-state index contributed by atoms with van der Waals surface area (Å²) < 4.78 is 31.1. The average molecular weight is 444 g/mol. The van der Waals surface area contributed by atoms with Gasteiger partial charge in [0.05, 0.1) is 4.90 Å². The van der Waals surface area contributed by atoms with E-state index < -0.39 is 16.1 Å². The number of likely N-dealkylation sites (tertiary alicyclic amines) is 1. The van der Waals surface area contributed by atoms with Crippen LogP contribution in [0.5, 0.6) is 0 Å². The fourth-order valence-corrected chi connectivity index (χ4v) is 5.63. The van der Waals surface area contributed by atoms with Crippen molar-refractivity contribution in [3.8, 4) is 0 Å². The number of benzene rings is 1. The zero-order valence-electron chi connectivity index (χ0n) is 17.5. The SMILES string of the molecule is Nc1cccn1CCC(NS(=O)(=O)c1cccc2[nH]ccc12)C(=O)N1CCCCCC1. The largest absolute Gasteiger partial charge is 0.385 e. The van der Waals surface area contributed by atoms with Crippen LogP contribution in [0.15, 0.2) is 53.7 Å². The molecule has 166 valence electrons. The number of hydrogen-bond donors (Lipinski definition) is 3. The normalized spacial score (nSPS) is 16.3. The van der Waals surface area contributed by atoms with Crippen molar-refractivity contribution in [2.24, 2.45) is 0 Å². The molecule has 1 atom stereocenters. The molecule has 0 spiro atoms. The quantitative estimate of drug-likeness (QED) is 0.521. The molecule has 1 aliphatic rings. The van der Waals surface area contributed by atoms with Crippen molar-refractivity contribution in [2.45, 2.75) is 49.6 Å². The lowest BCUT2D eigenvalue weighted by molar-refractivity contribution is -0.133. The molecule has 0 bridgehead atoms. The summed E-state index contributed by atoms with van der Waals surface area (Å²) in [6.45, 7) is 1.77. The van der Waals surface area contributed by atoms with Crippen LogP contribution in [0.1, 0.15) is 32.1 Å². The molecule has 0 radical (unpaired) electrons. The molecule has 1 fully saturated rings. The third kappa shape index (κ3) is 4.77. The zero-order chi connectivity index (χ0) is 21.8. The van der Waals surface area contributed by atoms with Gasteiger partial charge in [-0.3, -0.25) is 4.79 Å². The zero-order valence-corrected chi connectivity index (χ0v) is 18.3. The maximum absolute atomic E-state index is 13.4. The second-order valence-corrected chi connectivity index (χ2v) is 9.71. The van der Waals surface area contributed by atoms with Gasteiger partial charge in [0.2, 0.25) is 15.9 Å². The number of aromatic amines is 1. The number of hydrogen-bond acceptors (Lipinski definition) is 4. The number of aromatic nitrogens is 2. The highest BCUT2D eigenvalue weighted by atomic mass is 32.2. The molecule has 1 unspecified atom stereocenters. The number of fused-ring (bicyclic) bond motifs is 1. The Morgan fingerprint density at radius 2 is 1.87 bits per heavy atom. The summed E-state index contributed by atoms with van der Waals surface area (Å²) >= 11 is 0. The molecule has 1 amide bonds. The molecule has 4 N–H and O–H groups in total. The average Bonchev–Trinajstić information content (AvgIpc) is 3.30. The van der Waals surface area contributed by atoms with E-state index in [2.05, 4.69) is 9.71 Å². The van der Waals surface area contributed by atoms with Gasteiger partial charge < -0.3 is 20.2 Å². The Morgan fingerprint density at radius 1 is 1.10 bits per heavy atom. The van der Waals surface area contributed by atoms with E-state index in [1.807, 2.05) is 22.9 Å². The van der Waals surface area contributed by atoms with E-state index in [0.717, 1.165) is 31.2 Å². The molecule has 1 aliphatic heterocycles. The van der Waals surface area contributed by atoms with Crippen LogP contribution in [0, 0.1) is 0 Å². The highest BCUT2D eigenvalue weighted by Crippen LogP contribution is 2.23.